The molecular formula is C20H22FN3O5. The maximum Gasteiger partial charge on any atom is 0.410 e. The number of nitrogens with one attached hydrogen (secondary N) is 1. The molecule has 0 saturated carbocycles. The molecule has 9 heteroatoms. The lowest BCUT2D eigenvalue weighted by atomic mass is 10.0. The average Bonchev–Trinajstić information content (AvgIpc) is 3.31. The predicted molar refractivity (Wildman–Crippen MR) is 101 cm³/mol. The Morgan fingerprint density at radius 2 is 2.03 bits per heavy atom. The molecule has 1 N–H and O–H groups in total. The molecule has 0 radical (unpaired) electrons. The number of amides is 2. The molecule has 0 unspecified atom stereocenters. The zero-order valence-corrected chi connectivity index (χ0v) is 16.0. The first-order valence-corrected chi connectivity index (χ1v) is 9.67. The van der Waals surface area contributed by atoms with Gasteiger partial charge in [-0.2, -0.15) is 0 Å². The summed E-state index contributed by atoms with van der Waals surface area (Å²) >= 11 is 0. The van der Waals surface area contributed by atoms with Gasteiger partial charge in [-0.3, -0.25) is 9.69 Å². The summed E-state index contributed by atoms with van der Waals surface area (Å²) in [4.78, 5) is 43.2. The summed E-state index contributed by atoms with van der Waals surface area (Å²) in [5.74, 6) is -1.00. The van der Waals surface area contributed by atoms with Crippen molar-refractivity contribution in [2.45, 2.75) is 31.8 Å². The lowest BCUT2D eigenvalue weighted by Crippen LogP contribution is -2.52. The smallest absolute Gasteiger partial charge is 0.410 e. The summed E-state index contributed by atoms with van der Waals surface area (Å²) in [6, 6.07) is 5.03. The van der Waals surface area contributed by atoms with Crippen LogP contribution in [-0.2, 0) is 14.3 Å². The highest BCUT2D eigenvalue weighted by molar-refractivity contribution is 5.98. The van der Waals surface area contributed by atoms with Crippen molar-refractivity contribution in [2.75, 3.05) is 26.3 Å². The van der Waals surface area contributed by atoms with E-state index in [4.69, 9.17) is 9.47 Å². The second kappa shape index (κ2) is 7.73. The summed E-state index contributed by atoms with van der Waals surface area (Å²) in [5, 5.41) is 0.639. The first-order chi connectivity index (χ1) is 14.0. The Hall–Kier alpha value is -3.10. The molecule has 1 aromatic heterocycles. The molecule has 0 bridgehead atoms. The van der Waals surface area contributed by atoms with E-state index in [0.29, 0.717) is 42.5 Å². The number of cyclic esters (lactones) is 1. The highest BCUT2D eigenvalue weighted by Gasteiger charge is 2.44. The molecule has 2 saturated heterocycles. The van der Waals surface area contributed by atoms with Gasteiger partial charge in [0, 0.05) is 30.0 Å². The van der Waals surface area contributed by atoms with Gasteiger partial charge in [0.25, 0.3) is 5.91 Å². The van der Waals surface area contributed by atoms with Gasteiger partial charge in [0.05, 0.1) is 6.61 Å². The van der Waals surface area contributed by atoms with Gasteiger partial charge in [0.15, 0.2) is 6.04 Å². The minimum Gasteiger partial charge on any atom is -0.464 e. The quantitative estimate of drug-likeness (QED) is 0.791. The SMILES string of the molecule is CCOC(=O)[C@@H]1COC(=O)N1C1CCN(C(=O)c2cc3cc(F)ccc3[nH]2)CC1. The normalized spacial score (nSPS) is 20.2. The van der Waals surface area contributed by atoms with Gasteiger partial charge >= 0.3 is 12.1 Å². The van der Waals surface area contributed by atoms with E-state index in [0.717, 1.165) is 0 Å². The molecule has 154 valence electrons. The molecule has 0 spiro atoms. The van der Waals surface area contributed by atoms with Crippen LogP contribution < -0.4 is 0 Å². The Morgan fingerprint density at radius 3 is 2.76 bits per heavy atom. The minimum absolute atomic E-state index is 0.0115. The van der Waals surface area contributed by atoms with E-state index in [1.165, 1.54) is 17.0 Å². The third kappa shape index (κ3) is 3.64. The number of carbonyl (C=O) groups excluding carboxylic acids is 3. The lowest BCUT2D eigenvalue weighted by molar-refractivity contribution is -0.148. The summed E-state index contributed by atoms with van der Waals surface area (Å²) in [6.07, 6.45) is 0.544. The van der Waals surface area contributed by atoms with Crippen molar-refractivity contribution in [1.82, 2.24) is 14.8 Å². The number of aromatic nitrogens is 1. The summed E-state index contributed by atoms with van der Waals surface area (Å²) in [5.41, 5.74) is 1.09. The molecule has 4 rings (SSSR count). The molecule has 3 heterocycles. The largest absolute Gasteiger partial charge is 0.464 e. The number of fused-ring (bicyclic) bond motifs is 1. The number of benzene rings is 1. The molecule has 2 amide bonds. The standard InChI is InChI=1S/C20H22FN3O5/c1-2-28-19(26)17-11-29-20(27)24(17)14-5-7-23(8-6-14)18(25)16-10-12-9-13(21)3-4-15(12)22-16/h3-4,9-10,14,17,22H,2,5-8,11H2,1H3/t17-/m0/s1. The third-order valence-electron chi connectivity index (χ3n) is 5.43. The van der Waals surface area contributed by atoms with Crippen molar-refractivity contribution in [3.63, 3.8) is 0 Å². The molecule has 2 aliphatic rings. The number of aromatic amines is 1. The van der Waals surface area contributed by atoms with Gasteiger partial charge in [-0.1, -0.05) is 0 Å². The Balaban J connectivity index is 1.42. The number of H-pyrrole nitrogens is 1. The molecule has 2 fully saturated rings. The van der Waals surface area contributed by atoms with E-state index in [1.807, 2.05) is 0 Å². The van der Waals surface area contributed by atoms with Crippen molar-refractivity contribution in [3.8, 4) is 0 Å². The van der Waals surface area contributed by atoms with Crippen LogP contribution in [0.1, 0.15) is 30.3 Å². The van der Waals surface area contributed by atoms with Crippen molar-refractivity contribution in [2.24, 2.45) is 0 Å². The fourth-order valence-electron chi connectivity index (χ4n) is 3.99. The molecule has 0 aliphatic carbocycles. The van der Waals surface area contributed by atoms with Crippen LogP contribution in [0, 0.1) is 5.82 Å². The number of ether oxygens (including phenoxy) is 2. The van der Waals surface area contributed by atoms with Gasteiger partial charge < -0.3 is 19.4 Å². The highest BCUT2D eigenvalue weighted by Crippen LogP contribution is 2.26. The number of esters is 1. The molecule has 2 aromatic rings. The summed E-state index contributed by atoms with van der Waals surface area (Å²) < 4.78 is 23.5. The van der Waals surface area contributed by atoms with Gasteiger partial charge in [-0.05, 0) is 44.0 Å². The Morgan fingerprint density at radius 1 is 1.28 bits per heavy atom. The number of halogens is 1. The van der Waals surface area contributed by atoms with Crippen LogP contribution in [0.4, 0.5) is 9.18 Å². The van der Waals surface area contributed by atoms with Crippen molar-refractivity contribution in [1.29, 1.82) is 0 Å². The van der Waals surface area contributed by atoms with Crippen molar-refractivity contribution in [3.05, 3.63) is 35.8 Å². The average molecular weight is 403 g/mol. The number of rotatable bonds is 4. The predicted octanol–water partition coefficient (Wildman–Crippen LogP) is 2.30. The number of likely N-dealkylation sites (tertiary alicyclic amines) is 1. The second-order valence-electron chi connectivity index (χ2n) is 7.19. The van der Waals surface area contributed by atoms with Crippen LogP contribution in [0.15, 0.2) is 24.3 Å². The van der Waals surface area contributed by atoms with E-state index in [1.54, 1.807) is 24.0 Å². The maximum absolute atomic E-state index is 13.4. The number of nitrogens with zero attached hydrogens (tertiary/aromatic N) is 2. The molecule has 2 aliphatic heterocycles. The molecule has 29 heavy (non-hydrogen) atoms. The van der Waals surface area contributed by atoms with E-state index in [-0.39, 0.29) is 31.0 Å². The fraction of sp³-hybridized carbons (Fsp3) is 0.450. The first-order valence-electron chi connectivity index (χ1n) is 9.67. The first kappa shape index (κ1) is 19.2. The van der Waals surface area contributed by atoms with Gasteiger partial charge in [0.2, 0.25) is 0 Å². The Bertz CT molecular complexity index is 951. The van der Waals surface area contributed by atoms with Crippen LogP contribution in [0.2, 0.25) is 0 Å². The summed E-state index contributed by atoms with van der Waals surface area (Å²) in [6.45, 7) is 2.81. The van der Waals surface area contributed by atoms with Crippen molar-refractivity contribution >= 4 is 28.9 Å². The lowest BCUT2D eigenvalue weighted by Gasteiger charge is -2.37. The topological polar surface area (TPSA) is 91.9 Å². The van der Waals surface area contributed by atoms with Crippen LogP contribution in [-0.4, -0.2) is 71.1 Å². The number of hydrogen-bond donors (Lipinski definition) is 1. The van der Waals surface area contributed by atoms with Gasteiger partial charge in [-0.15, -0.1) is 0 Å². The second-order valence-corrected chi connectivity index (χ2v) is 7.19. The highest BCUT2D eigenvalue weighted by atomic mass is 19.1. The fourth-order valence-corrected chi connectivity index (χ4v) is 3.99. The zero-order chi connectivity index (χ0) is 20.5. The third-order valence-corrected chi connectivity index (χ3v) is 5.43. The van der Waals surface area contributed by atoms with E-state index in [2.05, 4.69) is 4.98 Å². The molecule has 1 aromatic carbocycles. The Kier molecular flexibility index (Phi) is 5.12. The number of hydrogen-bond acceptors (Lipinski definition) is 5. The van der Waals surface area contributed by atoms with Gasteiger partial charge in [0.1, 0.15) is 18.1 Å². The van der Waals surface area contributed by atoms with Crippen LogP contribution in [0.3, 0.4) is 0 Å². The maximum atomic E-state index is 13.4. The molecule has 1 atom stereocenters. The summed E-state index contributed by atoms with van der Waals surface area (Å²) in [7, 11) is 0. The number of piperidine rings is 1. The minimum atomic E-state index is -0.738. The van der Waals surface area contributed by atoms with Gasteiger partial charge in [-0.25, -0.2) is 14.0 Å². The van der Waals surface area contributed by atoms with Crippen LogP contribution in [0.25, 0.3) is 10.9 Å². The molecular weight excluding hydrogens is 381 g/mol. The van der Waals surface area contributed by atoms with Crippen LogP contribution in [0.5, 0.6) is 0 Å². The van der Waals surface area contributed by atoms with E-state index >= 15 is 0 Å². The van der Waals surface area contributed by atoms with E-state index in [9.17, 15) is 18.8 Å². The monoisotopic (exact) mass is 403 g/mol. The van der Waals surface area contributed by atoms with E-state index < -0.39 is 18.1 Å². The Labute approximate surface area is 166 Å². The van der Waals surface area contributed by atoms with Crippen LogP contribution >= 0.6 is 0 Å². The number of carbonyl (C=O) groups is 3. The zero-order valence-electron chi connectivity index (χ0n) is 16.0. The molecule has 8 nitrogen and oxygen atoms in total. The van der Waals surface area contributed by atoms with Crippen molar-refractivity contribution < 1.29 is 28.2 Å².